The number of fused-ring (bicyclic) bond motifs is 1. The average Bonchev–Trinajstić information content (AvgIpc) is 3.06. The van der Waals surface area contributed by atoms with Crippen molar-refractivity contribution in [1.29, 1.82) is 0 Å². The van der Waals surface area contributed by atoms with Crippen LogP contribution in [0.3, 0.4) is 0 Å². The highest BCUT2D eigenvalue weighted by Gasteiger charge is 2.28. The van der Waals surface area contributed by atoms with Gasteiger partial charge in [0.2, 0.25) is 5.91 Å². The van der Waals surface area contributed by atoms with Crippen LogP contribution in [0.1, 0.15) is 5.69 Å². The Balaban J connectivity index is 1.67. The molecule has 1 aliphatic heterocycles. The van der Waals surface area contributed by atoms with Crippen molar-refractivity contribution in [2.45, 2.75) is 18.6 Å². The first-order valence-electron chi connectivity index (χ1n) is 6.73. The lowest BCUT2D eigenvalue weighted by atomic mass is 10.1. The van der Waals surface area contributed by atoms with Gasteiger partial charge in [0.15, 0.2) is 0 Å². The zero-order chi connectivity index (χ0) is 13.9. The van der Waals surface area contributed by atoms with Crippen molar-refractivity contribution in [3.05, 3.63) is 30.0 Å². The maximum Gasteiger partial charge on any atom is 0.226 e. The van der Waals surface area contributed by atoms with Crippen LogP contribution in [0.4, 0.5) is 0 Å². The van der Waals surface area contributed by atoms with Crippen LogP contribution < -0.4 is 10.6 Å². The first kappa shape index (κ1) is 13.1. The molecule has 6 heteroatoms. The van der Waals surface area contributed by atoms with Crippen molar-refractivity contribution in [2.75, 3.05) is 20.2 Å². The lowest BCUT2D eigenvalue weighted by Crippen LogP contribution is -2.44. The summed E-state index contributed by atoms with van der Waals surface area (Å²) in [5.74, 6) is -0.0184. The first-order valence-corrected chi connectivity index (χ1v) is 6.73. The van der Waals surface area contributed by atoms with Gasteiger partial charge in [0.05, 0.1) is 29.8 Å². The highest BCUT2D eigenvalue weighted by Crippen LogP contribution is 2.15. The fraction of sp³-hybridized carbons (Fsp3) is 0.429. The molecule has 1 saturated heterocycles. The number of hydrogen-bond acceptors (Lipinski definition) is 4. The standard InChI is InChI=1S/C14H18N4O2/c1-20-13-8-15-7-12(13)16-14(19)6-11-9-4-2-3-5-10(9)17-18-11/h2-5,12-13,15H,6-8H2,1H3,(H,16,19)(H,17,18)/t12-,13-/m0/s1. The molecule has 1 aromatic heterocycles. The smallest absolute Gasteiger partial charge is 0.226 e. The van der Waals surface area contributed by atoms with Crippen LogP contribution in [0, 0.1) is 0 Å². The lowest BCUT2D eigenvalue weighted by molar-refractivity contribution is -0.121. The Kier molecular flexibility index (Phi) is 3.66. The molecule has 0 saturated carbocycles. The molecular formula is C14H18N4O2. The van der Waals surface area contributed by atoms with Crippen LogP contribution >= 0.6 is 0 Å². The van der Waals surface area contributed by atoms with E-state index in [1.54, 1.807) is 7.11 Å². The van der Waals surface area contributed by atoms with Crippen LogP contribution in [0.25, 0.3) is 10.9 Å². The summed E-state index contributed by atoms with van der Waals surface area (Å²) in [7, 11) is 1.67. The molecule has 0 unspecified atom stereocenters. The fourth-order valence-electron chi connectivity index (χ4n) is 2.61. The van der Waals surface area contributed by atoms with Crippen molar-refractivity contribution in [3.63, 3.8) is 0 Å². The minimum atomic E-state index is -0.0184. The van der Waals surface area contributed by atoms with E-state index in [1.807, 2.05) is 24.3 Å². The average molecular weight is 274 g/mol. The normalized spacial score (nSPS) is 22.2. The third-order valence-electron chi connectivity index (χ3n) is 3.69. The summed E-state index contributed by atoms with van der Waals surface area (Å²) in [5.41, 5.74) is 1.73. The predicted molar refractivity (Wildman–Crippen MR) is 75.4 cm³/mol. The Morgan fingerprint density at radius 3 is 3.15 bits per heavy atom. The third kappa shape index (κ3) is 2.52. The Hall–Kier alpha value is -1.92. The number of nitrogens with zero attached hydrogens (tertiary/aromatic N) is 1. The molecule has 20 heavy (non-hydrogen) atoms. The molecule has 0 spiro atoms. The SMILES string of the molecule is CO[C@H]1CNC[C@@H]1NC(=O)Cc1[nH]nc2ccccc12. The lowest BCUT2D eigenvalue weighted by Gasteiger charge is -2.18. The Morgan fingerprint density at radius 1 is 1.45 bits per heavy atom. The Morgan fingerprint density at radius 2 is 2.30 bits per heavy atom. The van der Waals surface area contributed by atoms with Gasteiger partial charge in [0.1, 0.15) is 0 Å². The monoisotopic (exact) mass is 274 g/mol. The third-order valence-corrected chi connectivity index (χ3v) is 3.69. The summed E-state index contributed by atoms with van der Waals surface area (Å²) in [6.45, 7) is 1.52. The van der Waals surface area contributed by atoms with Gasteiger partial charge < -0.3 is 15.4 Å². The van der Waals surface area contributed by atoms with Gasteiger partial charge in [-0.05, 0) is 6.07 Å². The van der Waals surface area contributed by atoms with Crippen molar-refractivity contribution in [2.24, 2.45) is 0 Å². The van der Waals surface area contributed by atoms with E-state index in [0.29, 0.717) is 6.42 Å². The minimum Gasteiger partial charge on any atom is -0.378 e. The van der Waals surface area contributed by atoms with E-state index in [4.69, 9.17) is 4.74 Å². The summed E-state index contributed by atoms with van der Waals surface area (Å²) in [4.78, 5) is 12.1. The van der Waals surface area contributed by atoms with E-state index in [1.165, 1.54) is 0 Å². The molecule has 0 bridgehead atoms. The highest BCUT2D eigenvalue weighted by atomic mass is 16.5. The molecule has 106 valence electrons. The van der Waals surface area contributed by atoms with Crippen molar-refractivity contribution >= 4 is 16.8 Å². The zero-order valence-corrected chi connectivity index (χ0v) is 11.3. The maximum absolute atomic E-state index is 12.1. The van der Waals surface area contributed by atoms with Gasteiger partial charge in [0, 0.05) is 25.6 Å². The van der Waals surface area contributed by atoms with Gasteiger partial charge in [-0.1, -0.05) is 18.2 Å². The van der Waals surface area contributed by atoms with Crippen LogP contribution in [-0.4, -0.2) is 48.4 Å². The number of methoxy groups -OCH3 is 1. The number of benzene rings is 1. The van der Waals surface area contributed by atoms with E-state index in [-0.39, 0.29) is 18.1 Å². The molecule has 2 aromatic rings. The minimum absolute atomic E-state index is 0.0184. The molecule has 6 nitrogen and oxygen atoms in total. The Labute approximate surface area is 116 Å². The number of aromatic amines is 1. The molecule has 1 fully saturated rings. The van der Waals surface area contributed by atoms with Crippen LogP contribution in [0.5, 0.6) is 0 Å². The van der Waals surface area contributed by atoms with Gasteiger partial charge in [-0.25, -0.2) is 0 Å². The molecule has 2 atom stereocenters. The number of carbonyl (C=O) groups excluding carboxylic acids is 1. The molecule has 2 heterocycles. The maximum atomic E-state index is 12.1. The Bertz CT molecular complexity index is 610. The van der Waals surface area contributed by atoms with Crippen molar-refractivity contribution in [3.8, 4) is 0 Å². The molecule has 1 aromatic carbocycles. The number of aromatic nitrogens is 2. The zero-order valence-electron chi connectivity index (χ0n) is 11.3. The van der Waals surface area contributed by atoms with E-state index in [2.05, 4.69) is 20.8 Å². The van der Waals surface area contributed by atoms with Gasteiger partial charge >= 0.3 is 0 Å². The van der Waals surface area contributed by atoms with Crippen LogP contribution in [0.2, 0.25) is 0 Å². The quantitative estimate of drug-likeness (QED) is 0.744. The summed E-state index contributed by atoms with van der Waals surface area (Å²) in [6.07, 6.45) is 0.338. The first-order chi connectivity index (χ1) is 9.78. The molecule has 0 radical (unpaired) electrons. The molecule has 0 aliphatic carbocycles. The second kappa shape index (κ2) is 5.60. The number of para-hydroxylation sites is 1. The van der Waals surface area contributed by atoms with Crippen molar-refractivity contribution in [1.82, 2.24) is 20.8 Å². The summed E-state index contributed by atoms with van der Waals surface area (Å²) in [6, 6.07) is 7.80. The van der Waals surface area contributed by atoms with Gasteiger partial charge in [-0.2, -0.15) is 5.10 Å². The molecular weight excluding hydrogens is 256 g/mol. The molecule has 1 aliphatic rings. The molecule has 1 amide bonds. The number of carbonyl (C=O) groups is 1. The van der Waals surface area contributed by atoms with Crippen LogP contribution in [-0.2, 0) is 16.0 Å². The summed E-state index contributed by atoms with van der Waals surface area (Å²) in [5, 5.41) is 14.3. The number of ether oxygens (including phenoxy) is 1. The second-order valence-electron chi connectivity index (χ2n) is 5.00. The topological polar surface area (TPSA) is 79.0 Å². The number of nitrogens with one attached hydrogen (secondary N) is 3. The van der Waals surface area contributed by atoms with Crippen molar-refractivity contribution < 1.29 is 9.53 Å². The van der Waals surface area contributed by atoms with E-state index < -0.39 is 0 Å². The summed E-state index contributed by atoms with van der Waals surface area (Å²) < 4.78 is 5.33. The number of hydrogen-bond donors (Lipinski definition) is 3. The van der Waals surface area contributed by atoms with Gasteiger partial charge in [-0.15, -0.1) is 0 Å². The largest absolute Gasteiger partial charge is 0.378 e. The van der Waals surface area contributed by atoms with E-state index in [0.717, 1.165) is 29.7 Å². The number of amides is 1. The molecule has 3 rings (SSSR count). The number of H-pyrrole nitrogens is 1. The highest BCUT2D eigenvalue weighted by molar-refractivity contribution is 5.87. The summed E-state index contributed by atoms with van der Waals surface area (Å²) >= 11 is 0. The van der Waals surface area contributed by atoms with E-state index >= 15 is 0 Å². The van der Waals surface area contributed by atoms with Crippen LogP contribution in [0.15, 0.2) is 24.3 Å². The fourth-order valence-corrected chi connectivity index (χ4v) is 2.61. The number of rotatable bonds is 4. The van der Waals surface area contributed by atoms with Gasteiger partial charge in [0.25, 0.3) is 0 Å². The molecule has 3 N–H and O–H groups in total. The van der Waals surface area contributed by atoms with Gasteiger partial charge in [-0.3, -0.25) is 9.89 Å². The second-order valence-corrected chi connectivity index (χ2v) is 5.00. The van der Waals surface area contributed by atoms with E-state index in [9.17, 15) is 4.79 Å². The predicted octanol–water partition coefficient (Wildman–Crippen LogP) is 0.208.